The second-order valence-corrected chi connectivity index (χ2v) is 4.19. The van der Waals surface area contributed by atoms with Gasteiger partial charge in [0.15, 0.2) is 0 Å². The third-order valence-electron chi connectivity index (χ3n) is 2.76. The van der Waals surface area contributed by atoms with Crippen molar-refractivity contribution in [3.8, 4) is 0 Å². The van der Waals surface area contributed by atoms with Gasteiger partial charge in [0.2, 0.25) is 0 Å². The van der Waals surface area contributed by atoms with E-state index in [2.05, 4.69) is 22.3 Å². The molecule has 0 spiro atoms. The van der Waals surface area contributed by atoms with Crippen LogP contribution < -0.4 is 5.32 Å². The van der Waals surface area contributed by atoms with E-state index in [1.165, 1.54) is 0 Å². The molecule has 0 unspecified atom stereocenters. The van der Waals surface area contributed by atoms with Gasteiger partial charge < -0.3 is 10.4 Å². The highest BCUT2D eigenvalue weighted by molar-refractivity contribution is 5.09. The molecule has 0 amide bonds. The number of nitrogens with one attached hydrogen (secondary N) is 1. The average molecular weight is 246 g/mol. The van der Waals surface area contributed by atoms with Gasteiger partial charge in [-0.05, 0) is 19.1 Å². The number of rotatable bonds is 6. The van der Waals surface area contributed by atoms with E-state index in [0.717, 1.165) is 17.8 Å². The van der Waals surface area contributed by atoms with Crippen molar-refractivity contribution in [1.29, 1.82) is 0 Å². The number of pyridine rings is 1. The lowest BCUT2D eigenvalue weighted by molar-refractivity contribution is 0.269. The molecule has 18 heavy (non-hydrogen) atoms. The lowest BCUT2D eigenvalue weighted by Gasteiger charge is -2.11. The standard InChI is InChI=1S/C13H18N4O/c1-11(13-4-2-3-5-14-13)15-8-12-9-16-17(10-12)6-7-18/h2-5,9-11,15,18H,6-8H2,1H3/t11-/m1/s1. The van der Waals surface area contributed by atoms with Gasteiger partial charge in [0, 0.05) is 30.5 Å². The average Bonchev–Trinajstić information content (AvgIpc) is 2.85. The molecule has 0 bridgehead atoms. The summed E-state index contributed by atoms with van der Waals surface area (Å²) < 4.78 is 1.74. The van der Waals surface area contributed by atoms with Crippen LogP contribution in [0.2, 0.25) is 0 Å². The van der Waals surface area contributed by atoms with Gasteiger partial charge in [-0.1, -0.05) is 6.07 Å². The van der Waals surface area contributed by atoms with Crippen LogP contribution in [0.15, 0.2) is 36.8 Å². The van der Waals surface area contributed by atoms with E-state index < -0.39 is 0 Å². The number of aromatic nitrogens is 3. The summed E-state index contributed by atoms with van der Waals surface area (Å²) in [4.78, 5) is 4.31. The molecular formula is C13H18N4O. The molecule has 0 aliphatic rings. The monoisotopic (exact) mass is 246 g/mol. The number of aliphatic hydroxyl groups is 1. The van der Waals surface area contributed by atoms with Gasteiger partial charge in [-0.25, -0.2) is 0 Å². The zero-order valence-electron chi connectivity index (χ0n) is 10.5. The maximum atomic E-state index is 8.81. The van der Waals surface area contributed by atoms with Gasteiger partial charge in [0.1, 0.15) is 0 Å². The van der Waals surface area contributed by atoms with E-state index in [0.29, 0.717) is 6.54 Å². The minimum atomic E-state index is 0.110. The predicted molar refractivity (Wildman–Crippen MR) is 68.8 cm³/mol. The Labute approximate surface area is 106 Å². The number of hydrogen-bond acceptors (Lipinski definition) is 4. The molecule has 2 heterocycles. The zero-order valence-corrected chi connectivity index (χ0v) is 10.5. The molecule has 2 aromatic rings. The molecule has 5 nitrogen and oxygen atoms in total. The first-order valence-corrected chi connectivity index (χ1v) is 6.06. The summed E-state index contributed by atoms with van der Waals surface area (Å²) in [5.74, 6) is 0. The van der Waals surface area contributed by atoms with Crippen LogP contribution in [0.3, 0.4) is 0 Å². The van der Waals surface area contributed by atoms with Crippen molar-refractivity contribution >= 4 is 0 Å². The molecular weight excluding hydrogens is 228 g/mol. The summed E-state index contributed by atoms with van der Waals surface area (Å²) in [6.07, 6.45) is 5.55. The molecule has 1 atom stereocenters. The Hall–Kier alpha value is -1.72. The van der Waals surface area contributed by atoms with Crippen LogP contribution in [0.1, 0.15) is 24.2 Å². The van der Waals surface area contributed by atoms with Gasteiger partial charge in [-0.2, -0.15) is 5.10 Å². The van der Waals surface area contributed by atoms with Crippen LogP contribution in [0.5, 0.6) is 0 Å². The van der Waals surface area contributed by atoms with Gasteiger partial charge in [-0.15, -0.1) is 0 Å². The van der Waals surface area contributed by atoms with Crippen molar-refractivity contribution in [1.82, 2.24) is 20.1 Å². The minimum Gasteiger partial charge on any atom is -0.394 e. The third kappa shape index (κ3) is 3.38. The molecule has 96 valence electrons. The third-order valence-corrected chi connectivity index (χ3v) is 2.76. The molecule has 2 aromatic heterocycles. The number of nitrogens with zero attached hydrogens (tertiary/aromatic N) is 3. The van der Waals surface area contributed by atoms with Crippen molar-refractivity contribution in [3.63, 3.8) is 0 Å². The predicted octanol–water partition coefficient (Wildman–Crippen LogP) is 1.12. The SMILES string of the molecule is C[C@@H](NCc1cnn(CCO)c1)c1ccccn1. The fraction of sp³-hybridized carbons (Fsp3) is 0.385. The highest BCUT2D eigenvalue weighted by Gasteiger charge is 2.06. The van der Waals surface area contributed by atoms with Crippen LogP contribution >= 0.6 is 0 Å². The van der Waals surface area contributed by atoms with Gasteiger partial charge in [0.05, 0.1) is 25.0 Å². The van der Waals surface area contributed by atoms with E-state index >= 15 is 0 Å². The van der Waals surface area contributed by atoms with Gasteiger partial charge in [-0.3, -0.25) is 9.67 Å². The van der Waals surface area contributed by atoms with Crippen LogP contribution in [-0.2, 0) is 13.1 Å². The van der Waals surface area contributed by atoms with Gasteiger partial charge >= 0.3 is 0 Å². The normalized spacial score (nSPS) is 12.6. The number of hydrogen-bond donors (Lipinski definition) is 2. The summed E-state index contributed by atoms with van der Waals surface area (Å²) in [5, 5.41) is 16.4. The minimum absolute atomic E-state index is 0.110. The molecule has 0 saturated carbocycles. The van der Waals surface area contributed by atoms with Crippen molar-refractivity contribution in [2.45, 2.75) is 26.1 Å². The molecule has 5 heteroatoms. The van der Waals surface area contributed by atoms with Crippen molar-refractivity contribution in [2.24, 2.45) is 0 Å². The van der Waals surface area contributed by atoms with Crippen LogP contribution in [-0.4, -0.2) is 26.5 Å². The quantitative estimate of drug-likeness (QED) is 0.802. The fourth-order valence-corrected chi connectivity index (χ4v) is 1.73. The largest absolute Gasteiger partial charge is 0.394 e. The Morgan fingerprint density at radius 2 is 2.33 bits per heavy atom. The molecule has 2 N–H and O–H groups in total. The smallest absolute Gasteiger partial charge is 0.0640 e. The first-order valence-electron chi connectivity index (χ1n) is 6.06. The summed E-state index contributed by atoms with van der Waals surface area (Å²) in [7, 11) is 0. The van der Waals surface area contributed by atoms with E-state index in [1.54, 1.807) is 10.9 Å². The van der Waals surface area contributed by atoms with Crippen molar-refractivity contribution in [3.05, 3.63) is 48.0 Å². The summed E-state index contributed by atoms with van der Waals surface area (Å²) in [6, 6.07) is 6.11. The maximum absolute atomic E-state index is 8.81. The van der Waals surface area contributed by atoms with E-state index in [1.807, 2.05) is 30.6 Å². The fourth-order valence-electron chi connectivity index (χ4n) is 1.73. The molecule has 2 rings (SSSR count). The Balaban J connectivity index is 1.87. The molecule has 0 aromatic carbocycles. The Morgan fingerprint density at radius 1 is 1.44 bits per heavy atom. The van der Waals surface area contributed by atoms with E-state index in [-0.39, 0.29) is 12.6 Å². The van der Waals surface area contributed by atoms with E-state index in [4.69, 9.17) is 5.11 Å². The molecule has 0 fully saturated rings. The molecule has 0 aliphatic carbocycles. The summed E-state index contributed by atoms with van der Waals surface area (Å²) in [5.41, 5.74) is 2.13. The Kier molecular flexibility index (Phi) is 4.44. The van der Waals surface area contributed by atoms with Crippen LogP contribution in [0, 0.1) is 0 Å². The lowest BCUT2D eigenvalue weighted by atomic mass is 10.2. The summed E-state index contributed by atoms with van der Waals surface area (Å²) >= 11 is 0. The summed E-state index contributed by atoms with van der Waals surface area (Å²) in [6.45, 7) is 3.47. The first kappa shape index (κ1) is 12.7. The van der Waals surface area contributed by atoms with Crippen LogP contribution in [0.4, 0.5) is 0 Å². The molecule has 0 radical (unpaired) electrons. The topological polar surface area (TPSA) is 63.0 Å². The molecule has 0 saturated heterocycles. The maximum Gasteiger partial charge on any atom is 0.0640 e. The highest BCUT2D eigenvalue weighted by atomic mass is 16.3. The Bertz CT molecular complexity index is 469. The first-order chi connectivity index (χ1) is 8.79. The zero-order chi connectivity index (χ0) is 12.8. The van der Waals surface area contributed by atoms with E-state index in [9.17, 15) is 0 Å². The highest BCUT2D eigenvalue weighted by Crippen LogP contribution is 2.09. The van der Waals surface area contributed by atoms with Crippen molar-refractivity contribution < 1.29 is 5.11 Å². The second kappa shape index (κ2) is 6.28. The Morgan fingerprint density at radius 3 is 3.06 bits per heavy atom. The second-order valence-electron chi connectivity index (χ2n) is 4.19. The number of aliphatic hydroxyl groups excluding tert-OH is 1. The van der Waals surface area contributed by atoms with Gasteiger partial charge in [0.25, 0.3) is 0 Å². The lowest BCUT2D eigenvalue weighted by Crippen LogP contribution is -2.18. The van der Waals surface area contributed by atoms with Crippen LogP contribution in [0.25, 0.3) is 0 Å². The van der Waals surface area contributed by atoms with Crippen molar-refractivity contribution in [2.75, 3.05) is 6.61 Å². The molecule has 0 aliphatic heterocycles.